The second kappa shape index (κ2) is 9.64. The number of nitrogens with zero attached hydrogens (tertiary/aromatic N) is 3. The summed E-state index contributed by atoms with van der Waals surface area (Å²) in [6, 6.07) is 9.24. The molecule has 1 saturated carbocycles. The number of carbonyl (C=O) groups excluding carboxylic acids is 2. The summed E-state index contributed by atoms with van der Waals surface area (Å²) in [6.07, 6.45) is 3.80. The zero-order valence-corrected chi connectivity index (χ0v) is 18.6. The van der Waals surface area contributed by atoms with Crippen LogP contribution in [0.4, 0.5) is 4.79 Å². The highest BCUT2D eigenvalue weighted by molar-refractivity contribution is 5.80. The zero-order valence-electron chi connectivity index (χ0n) is 18.6. The number of hydrogen-bond donors (Lipinski definition) is 0. The van der Waals surface area contributed by atoms with Gasteiger partial charge in [-0.3, -0.25) is 4.79 Å². The molecule has 1 aromatic carbocycles. The fourth-order valence-corrected chi connectivity index (χ4v) is 4.22. The van der Waals surface area contributed by atoms with Crippen molar-refractivity contribution in [1.29, 1.82) is 0 Å². The molecule has 29 heavy (non-hydrogen) atoms. The Labute approximate surface area is 176 Å². The average Bonchev–Trinajstić information content (AvgIpc) is 3.58. The maximum absolute atomic E-state index is 13.3. The van der Waals surface area contributed by atoms with E-state index in [2.05, 4.69) is 43.0 Å². The van der Waals surface area contributed by atoms with Crippen LogP contribution < -0.4 is 0 Å². The van der Waals surface area contributed by atoms with E-state index >= 15 is 0 Å². The summed E-state index contributed by atoms with van der Waals surface area (Å²) in [7, 11) is 0. The van der Waals surface area contributed by atoms with Crippen molar-refractivity contribution in [2.45, 2.75) is 71.9 Å². The van der Waals surface area contributed by atoms with Crippen molar-refractivity contribution < 1.29 is 9.59 Å². The highest BCUT2D eigenvalue weighted by Crippen LogP contribution is 2.32. The average molecular weight is 400 g/mol. The Morgan fingerprint density at radius 3 is 2.07 bits per heavy atom. The molecule has 1 aromatic rings. The number of amides is 3. The van der Waals surface area contributed by atoms with Crippen LogP contribution in [-0.2, 0) is 11.3 Å². The van der Waals surface area contributed by atoms with Crippen molar-refractivity contribution in [2.75, 3.05) is 26.2 Å². The molecule has 0 spiro atoms. The van der Waals surface area contributed by atoms with Crippen LogP contribution in [0.25, 0.3) is 0 Å². The fraction of sp³-hybridized carbons (Fsp3) is 0.667. The molecule has 5 nitrogen and oxygen atoms in total. The van der Waals surface area contributed by atoms with Crippen LogP contribution in [0.5, 0.6) is 0 Å². The van der Waals surface area contributed by atoms with E-state index in [0.29, 0.717) is 31.6 Å². The second-order valence-corrected chi connectivity index (χ2v) is 8.81. The zero-order chi connectivity index (χ0) is 21.0. The molecule has 2 fully saturated rings. The normalized spacial score (nSPS) is 17.5. The molecular formula is C24H37N3O2. The van der Waals surface area contributed by atoms with E-state index in [1.54, 1.807) is 0 Å². The lowest BCUT2D eigenvalue weighted by Gasteiger charge is -2.36. The van der Waals surface area contributed by atoms with Crippen molar-refractivity contribution in [3.8, 4) is 0 Å². The van der Waals surface area contributed by atoms with Gasteiger partial charge in [-0.2, -0.15) is 0 Å². The highest BCUT2D eigenvalue weighted by Gasteiger charge is 2.37. The molecule has 1 aliphatic heterocycles. The first kappa shape index (κ1) is 21.7. The lowest BCUT2D eigenvalue weighted by Crippen LogP contribution is -2.49. The van der Waals surface area contributed by atoms with Crippen molar-refractivity contribution in [1.82, 2.24) is 14.7 Å². The molecule has 1 saturated heterocycles. The third-order valence-corrected chi connectivity index (χ3v) is 6.42. The van der Waals surface area contributed by atoms with Crippen molar-refractivity contribution in [3.63, 3.8) is 0 Å². The molecule has 0 N–H and O–H groups in total. The third kappa shape index (κ3) is 5.31. The first-order valence-electron chi connectivity index (χ1n) is 11.4. The molecule has 0 aromatic heterocycles. The molecule has 3 rings (SSSR count). The van der Waals surface area contributed by atoms with Crippen molar-refractivity contribution >= 4 is 11.9 Å². The van der Waals surface area contributed by atoms with Gasteiger partial charge in [-0.05, 0) is 56.6 Å². The van der Waals surface area contributed by atoms with Gasteiger partial charge in [-0.1, -0.05) is 38.1 Å². The fourth-order valence-electron chi connectivity index (χ4n) is 4.22. The van der Waals surface area contributed by atoms with Crippen molar-refractivity contribution in [3.05, 3.63) is 35.4 Å². The maximum Gasteiger partial charge on any atom is 0.319 e. The summed E-state index contributed by atoms with van der Waals surface area (Å²) in [5.74, 6) is 0.858. The van der Waals surface area contributed by atoms with Gasteiger partial charge < -0.3 is 14.7 Å². The molecule has 3 amide bonds. The van der Waals surface area contributed by atoms with Crippen LogP contribution in [0.15, 0.2) is 24.3 Å². The summed E-state index contributed by atoms with van der Waals surface area (Å²) >= 11 is 0. The quantitative estimate of drug-likeness (QED) is 0.679. The third-order valence-electron chi connectivity index (χ3n) is 6.42. The van der Waals surface area contributed by atoms with Gasteiger partial charge in [0.15, 0.2) is 0 Å². The Bertz CT molecular complexity index is 685. The molecule has 5 heteroatoms. The van der Waals surface area contributed by atoms with Gasteiger partial charge in [-0.15, -0.1) is 0 Å². The summed E-state index contributed by atoms with van der Waals surface area (Å²) in [5, 5.41) is 0. The Morgan fingerprint density at radius 2 is 1.59 bits per heavy atom. The molecule has 0 bridgehead atoms. The summed E-state index contributed by atoms with van der Waals surface area (Å²) < 4.78 is 0. The molecule has 160 valence electrons. The van der Waals surface area contributed by atoms with E-state index in [0.717, 1.165) is 38.8 Å². The highest BCUT2D eigenvalue weighted by atomic mass is 16.2. The smallest absolute Gasteiger partial charge is 0.319 e. The molecule has 0 radical (unpaired) electrons. The molecule has 1 aliphatic carbocycles. The van der Waals surface area contributed by atoms with E-state index in [1.165, 1.54) is 11.1 Å². The Hall–Kier alpha value is -2.04. The topological polar surface area (TPSA) is 43.9 Å². The number of likely N-dealkylation sites (tertiary alicyclic amines) is 1. The monoisotopic (exact) mass is 399 g/mol. The van der Waals surface area contributed by atoms with Gasteiger partial charge in [0.1, 0.15) is 0 Å². The van der Waals surface area contributed by atoms with Crippen LogP contribution in [0.2, 0.25) is 0 Å². The van der Waals surface area contributed by atoms with E-state index in [1.807, 2.05) is 23.6 Å². The van der Waals surface area contributed by atoms with Crippen LogP contribution in [0.1, 0.15) is 70.4 Å². The maximum atomic E-state index is 13.3. The van der Waals surface area contributed by atoms with Crippen LogP contribution in [-0.4, -0.2) is 58.9 Å². The Balaban J connectivity index is 1.58. The van der Waals surface area contributed by atoms with Crippen molar-refractivity contribution in [2.24, 2.45) is 5.92 Å². The van der Waals surface area contributed by atoms with E-state index in [9.17, 15) is 9.59 Å². The molecule has 1 heterocycles. The van der Waals surface area contributed by atoms with Gasteiger partial charge in [-0.25, -0.2) is 4.79 Å². The summed E-state index contributed by atoms with van der Waals surface area (Å²) in [6.45, 7) is 12.0. The number of urea groups is 1. The number of piperidine rings is 1. The predicted molar refractivity (Wildman–Crippen MR) is 117 cm³/mol. The molecule has 0 atom stereocenters. The summed E-state index contributed by atoms with van der Waals surface area (Å²) in [4.78, 5) is 31.7. The largest absolute Gasteiger partial charge is 0.335 e. The predicted octanol–water partition coefficient (Wildman–Crippen LogP) is 4.47. The van der Waals surface area contributed by atoms with E-state index in [-0.39, 0.29) is 17.9 Å². The number of carbonyl (C=O) groups is 2. The van der Waals surface area contributed by atoms with Gasteiger partial charge in [0.2, 0.25) is 5.91 Å². The lowest BCUT2D eigenvalue weighted by atomic mass is 9.95. The molecule has 0 unspecified atom stereocenters. The Kier molecular flexibility index (Phi) is 7.20. The van der Waals surface area contributed by atoms with Gasteiger partial charge in [0.05, 0.1) is 0 Å². The van der Waals surface area contributed by atoms with Gasteiger partial charge >= 0.3 is 6.03 Å². The molecule has 2 aliphatic rings. The minimum absolute atomic E-state index is 0.0475. The number of rotatable bonds is 7. The van der Waals surface area contributed by atoms with Gasteiger partial charge in [0, 0.05) is 44.7 Å². The van der Waals surface area contributed by atoms with E-state index in [4.69, 9.17) is 0 Å². The number of hydrogen-bond acceptors (Lipinski definition) is 2. The minimum atomic E-state index is 0.0475. The Morgan fingerprint density at radius 1 is 1.00 bits per heavy atom. The number of benzene rings is 1. The van der Waals surface area contributed by atoms with Crippen LogP contribution >= 0.6 is 0 Å². The standard InChI is InChI=1S/C24H37N3O2/c1-5-25(6-2)24(29)26-15-13-21(14-16-26)23(28)27(22-11-12-22)17-19-7-9-20(10-8-19)18(3)4/h7-10,18,21-22H,5-6,11-17H2,1-4H3. The minimum Gasteiger partial charge on any atom is -0.335 e. The second-order valence-electron chi connectivity index (χ2n) is 8.81. The molecular weight excluding hydrogens is 362 g/mol. The van der Waals surface area contributed by atoms with Gasteiger partial charge in [0.25, 0.3) is 0 Å². The first-order valence-corrected chi connectivity index (χ1v) is 11.4. The van der Waals surface area contributed by atoms with Crippen LogP contribution in [0.3, 0.4) is 0 Å². The van der Waals surface area contributed by atoms with Crippen LogP contribution in [0, 0.1) is 5.92 Å². The SMILES string of the molecule is CCN(CC)C(=O)N1CCC(C(=O)N(Cc2ccc(C(C)C)cc2)C2CC2)CC1. The summed E-state index contributed by atoms with van der Waals surface area (Å²) in [5.41, 5.74) is 2.55. The van der Waals surface area contributed by atoms with E-state index < -0.39 is 0 Å². The first-order chi connectivity index (χ1) is 13.9. The lowest BCUT2D eigenvalue weighted by molar-refractivity contribution is -0.138.